The monoisotopic (exact) mass is 562 g/mol. The Kier molecular flexibility index (Phi) is 7.43. The largest absolute Gasteiger partial charge is 0.497 e. The van der Waals surface area contributed by atoms with Gasteiger partial charge in [-0.25, -0.2) is 9.78 Å². The second-order valence-corrected chi connectivity index (χ2v) is 12.3. The number of benzene rings is 1. The number of rotatable bonds is 7. The van der Waals surface area contributed by atoms with Crippen LogP contribution < -0.4 is 10.6 Å². The topological polar surface area (TPSA) is 107 Å². The standard InChI is InChI=1S/C29H34N6O4S/c1-29(2,3)25-17-26(33-39-25)32-27(36)30-20-6-4-19(5-7-20)22-18-35-23-9-8-21(16-24(23)40-28(35)31-22)38-15-12-34-10-13-37-14-11-34/h4-9,17-18,24H,10-16H2,1-3H3,(H2,30,32,33,36). The van der Waals surface area contributed by atoms with Crippen molar-refractivity contribution in [3.8, 4) is 11.3 Å². The van der Waals surface area contributed by atoms with Crippen molar-refractivity contribution in [2.24, 2.45) is 0 Å². The quantitative estimate of drug-likeness (QED) is 0.393. The Balaban J connectivity index is 1.04. The summed E-state index contributed by atoms with van der Waals surface area (Å²) in [6, 6.07) is 9.00. The summed E-state index contributed by atoms with van der Waals surface area (Å²) in [7, 11) is 0. The summed E-state index contributed by atoms with van der Waals surface area (Å²) in [5, 5.41) is 10.8. The molecular formula is C29H34N6O4S. The lowest BCUT2D eigenvalue weighted by molar-refractivity contribution is 0.0271. The lowest BCUT2D eigenvalue weighted by Gasteiger charge is -2.27. The summed E-state index contributed by atoms with van der Waals surface area (Å²) in [6.07, 6.45) is 7.19. The number of nitrogens with one attached hydrogen (secondary N) is 2. The molecule has 2 aromatic heterocycles. The van der Waals surface area contributed by atoms with E-state index in [1.807, 2.05) is 45.0 Å². The molecule has 210 valence electrons. The van der Waals surface area contributed by atoms with E-state index in [1.54, 1.807) is 17.8 Å². The van der Waals surface area contributed by atoms with Gasteiger partial charge >= 0.3 is 6.03 Å². The molecule has 1 unspecified atom stereocenters. The van der Waals surface area contributed by atoms with Gasteiger partial charge in [0.1, 0.15) is 12.4 Å². The maximum atomic E-state index is 12.4. The van der Waals surface area contributed by atoms with Crippen LogP contribution in [0.15, 0.2) is 64.1 Å². The average molecular weight is 563 g/mol. The van der Waals surface area contributed by atoms with Crippen LogP contribution in [-0.2, 0) is 14.9 Å². The number of ether oxygens (including phenoxy) is 2. The van der Waals surface area contributed by atoms with Crippen LogP contribution in [0.5, 0.6) is 0 Å². The fourth-order valence-corrected chi connectivity index (χ4v) is 6.04. The van der Waals surface area contributed by atoms with Gasteiger partial charge in [0.25, 0.3) is 0 Å². The summed E-state index contributed by atoms with van der Waals surface area (Å²) < 4.78 is 19.0. The predicted molar refractivity (Wildman–Crippen MR) is 155 cm³/mol. The molecule has 0 spiro atoms. The van der Waals surface area contributed by atoms with E-state index in [2.05, 4.69) is 43.6 Å². The number of amides is 2. The molecule has 1 aliphatic carbocycles. The third-order valence-corrected chi connectivity index (χ3v) is 8.28. The molecule has 2 N–H and O–H groups in total. The van der Waals surface area contributed by atoms with E-state index in [-0.39, 0.29) is 11.4 Å². The van der Waals surface area contributed by atoms with Gasteiger partial charge in [0.15, 0.2) is 11.0 Å². The number of hydrogen-bond acceptors (Lipinski definition) is 8. The smallest absolute Gasteiger partial charge is 0.324 e. The van der Waals surface area contributed by atoms with Crippen LogP contribution >= 0.6 is 11.8 Å². The van der Waals surface area contributed by atoms with Gasteiger partial charge in [-0.05, 0) is 24.3 Å². The van der Waals surface area contributed by atoms with E-state index in [9.17, 15) is 4.79 Å². The molecule has 3 aromatic rings. The van der Waals surface area contributed by atoms with Crippen molar-refractivity contribution in [3.63, 3.8) is 0 Å². The lowest BCUT2D eigenvalue weighted by atomic mass is 9.93. The van der Waals surface area contributed by atoms with Crippen molar-refractivity contribution in [1.29, 1.82) is 0 Å². The molecule has 3 aliphatic rings. The molecule has 6 rings (SSSR count). The molecule has 11 heteroatoms. The first-order valence-corrected chi connectivity index (χ1v) is 14.5. The van der Waals surface area contributed by atoms with E-state index < -0.39 is 0 Å². The van der Waals surface area contributed by atoms with Gasteiger partial charge in [-0.2, -0.15) is 0 Å². The third kappa shape index (κ3) is 5.96. The summed E-state index contributed by atoms with van der Waals surface area (Å²) in [6.45, 7) is 11.3. The average Bonchev–Trinajstić information content (AvgIpc) is 3.64. The fourth-order valence-electron chi connectivity index (χ4n) is 4.80. The van der Waals surface area contributed by atoms with Gasteiger partial charge in [-0.15, -0.1) is 0 Å². The molecule has 0 radical (unpaired) electrons. The van der Waals surface area contributed by atoms with Crippen molar-refractivity contribution >= 4 is 35.0 Å². The van der Waals surface area contributed by atoms with E-state index in [4.69, 9.17) is 19.0 Å². The van der Waals surface area contributed by atoms with Crippen LogP contribution in [0.4, 0.5) is 16.3 Å². The number of nitrogens with zero attached hydrogens (tertiary/aromatic N) is 4. The van der Waals surface area contributed by atoms with Crippen LogP contribution in [0.1, 0.15) is 33.0 Å². The summed E-state index contributed by atoms with van der Waals surface area (Å²) in [5.74, 6) is 2.11. The Labute approximate surface area is 237 Å². The number of urea groups is 1. The normalized spacial score (nSPS) is 18.9. The first kappa shape index (κ1) is 26.7. The molecular weight excluding hydrogens is 528 g/mol. The molecule has 10 nitrogen and oxygen atoms in total. The highest BCUT2D eigenvalue weighted by Gasteiger charge is 2.32. The van der Waals surface area contributed by atoms with Crippen LogP contribution in [-0.4, -0.2) is 70.3 Å². The maximum Gasteiger partial charge on any atom is 0.324 e. The van der Waals surface area contributed by atoms with E-state index in [1.165, 1.54) is 5.70 Å². The summed E-state index contributed by atoms with van der Waals surface area (Å²) in [5.41, 5.74) is 3.60. The molecule has 1 fully saturated rings. The minimum Gasteiger partial charge on any atom is -0.497 e. The van der Waals surface area contributed by atoms with Crippen molar-refractivity contribution in [3.05, 3.63) is 60.2 Å². The first-order chi connectivity index (χ1) is 19.3. The van der Waals surface area contributed by atoms with Crippen molar-refractivity contribution in [2.45, 2.75) is 43.0 Å². The van der Waals surface area contributed by atoms with Crippen LogP contribution in [0, 0.1) is 0 Å². The van der Waals surface area contributed by atoms with Gasteiger partial charge in [-0.3, -0.25) is 14.8 Å². The lowest BCUT2D eigenvalue weighted by Crippen LogP contribution is -2.38. The number of aromatic nitrogens is 3. The minimum absolute atomic E-state index is 0.184. The number of allylic oxidation sites excluding steroid dienone is 3. The summed E-state index contributed by atoms with van der Waals surface area (Å²) in [4.78, 5) is 19.7. The zero-order valence-corrected chi connectivity index (χ0v) is 23.8. The highest BCUT2D eigenvalue weighted by Crippen LogP contribution is 2.45. The van der Waals surface area contributed by atoms with Gasteiger partial charge in [0, 0.05) is 60.7 Å². The highest BCUT2D eigenvalue weighted by molar-refractivity contribution is 8.00. The third-order valence-electron chi connectivity index (χ3n) is 7.08. The number of carbonyl (C=O) groups is 1. The number of imidazole rings is 1. The van der Waals surface area contributed by atoms with Crippen LogP contribution in [0.25, 0.3) is 17.0 Å². The Bertz CT molecular complexity index is 1430. The van der Waals surface area contributed by atoms with Crippen LogP contribution in [0.3, 0.4) is 0 Å². The van der Waals surface area contributed by atoms with Gasteiger partial charge in [0.2, 0.25) is 0 Å². The number of anilines is 2. The summed E-state index contributed by atoms with van der Waals surface area (Å²) >= 11 is 1.77. The second-order valence-electron chi connectivity index (χ2n) is 11.1. The Hall–Kier alpha value is -3.54. The molecule has 4 heterocycles. The number of fused-ring (bicyclic) bond motifs is 3. The maximum absolute atomic E-state index is 12.4. The van der Waals surface area contributed by atoms with E-state index in [0.29, 0.717) is 29.1 Å². The minimum atomic E-state index is -0.383. The van der Waals surface area contributed by atoms with E-state index in [0.717, 1.165) is 61.4 Å². The number of carbonyl (C=O) groups excluding carboxylic acids is 1. The molecule has 2 aliphatic heterocycles. The molecule has 1 atom stereocenters. The van der Waals surface area contributed by atoms with Crippen molar-refractivity contribution in [2.75, 3.05) is 50.1 Å². The van der Waals surface area contributed by atoms with Gasteiger partial charge < -0.3 is 19.3 Å². The predicted octanol–water partition coefficient (Wildman–Crippen LogP) is 5.43. The fraction of sp³-hybridized carbons (Fsp3) is 0.414. The molecule has 40 heavy (non-hydrogen) atoms. The number of morpholine rings is 1. The molecule has 2 amide bonds. The van der Waals surface area contributed by atoms with Gasteiger partial charge in [-0.1, -0.05) is 49.8 Å². The first-order valence-electron chi connectivity index (χ1n) is 13.6. The zero-order valence-electron chi connectivity index (χ0n) is 23.0. The molecule has 0 saturated carbocycles. The van der Waals surface area contributed by atoms with Crippen molar-refractivity contribution in [1.82, 2.24) is 19.6 Å². The van der Waals surface area contributed by atoms with Crippen LogP contribution in [0.2, 0.25) is 0 Å². The number of hydrogen-bond donors (Lipinski definition) is 2. The Morgan fingerprint density at radius 1 is 1.15 bits per heavy atom. The SMILES string of the molecule is CC(C)(C)c1cc(NC(=O)Nc2ccc(-c3cn4c(n3)SC3CC(OCCN5CCOCC5)=CC=C34)cc2)no1. The van der Waals surface area contributed by atoms with Crippen molar-refractivity contribution < 1.29 is 18.8 Å². The Morgan fingerprint density at radius 2 is 1.95 bits per heavy atom. The Morgan fingerprint density at radius 3 is 2.70 bits per heavy atom. The molecule has 1 saturated heterocycles. The molecule has 0 bridgehead atoms. The molecule has 1 aromatic carbocycles. The van der Waals surface area contributed by atoms with E-state index >= 15 is 0 Å². The highest BCUT2D eigenvalue weighted by atomic mass is 32.2. The second kappa shape index (κ2) is 11.1. The number of thioether (sulfide) groups is 1. The zero-order chi connectivity index (χ0) is 27.7. The van der Waals surface area contributed by atoms with Gasteiger partial charge in [0.05, 0.1) is 29.9 Å².